The number of benzene rings is 3. The lowest BCUT2D eigenvalue weighted by Gasteiger charge is -2.40. The number of unbranched alkanes of at least 4 members (excludes halogenated alkanes) is 1. The van der Waals surface area contributed by atoms with Gasteiger partial charge >= 0.3 is 5.97 Å². The lowest BCUT2D eigenvalue weighted by Crippen LogP contribution is -2.46. The molecule has 1 fully saturated rings. The predicted molar refractivity (Wildman–Crippen MR) is 157 cm³/mol. The third-order valence-electron chi connectivity index (χ3n) is 8.52. The molecule has 3 aromatic carbocycles. The molecule has 1 amide bonds. The lowest BCUT2D eigenvalue weighted by molar-refractivity contribution is -0.137. The zero-order valence-electron chi connectivity index (χ0n) is 22.8. The van der Waals surface area contributed by atoms with Crippen molar-refractivity contribution in [2.45, 2.75) is 43.9 Å². The Morgan fingerprint density at radius 2 is 1.65 bits per heavy atom. The molecule has 2 aliphatic heterocycles. The summed E-state index contributed by atoms with van der Waals surface area (Å²) in [5.41, 5.74) is 7.52. The number of amides is 1. The number of hydrogen-bond donors (Lipinski definition) is 1. The summed E-state index contributed by atoms with van der Waals surface area (Å²) in [5.74, 6) is -0.753. The van der Waals surface area contributed by atoms with Crippen molar-refractivity contribution in [1.82, 2.24) is 14.9 Å². The Bertz CT molecular complexity index is 1560. The number of carbonyl (C=O) groups is 2. The first kappa shape index (κ1) is 26.0. The topological polar surface area (TPSA) is 86.6 Å². The fourth-order valence-corrected chi connectivity index (χ4v) is 6.42. The van der Waals surface area contributed by atoms with Crippen LogP contribution in [0.1, 0.15) is 53.7 Å². The van der Waals surface area contributed by atoms with Crippen LogP contribution in [0.5, 0.6) is 0 Å². The average Bonchev–Trinajstić information content (AvgIpc) is 3.25. The van der Waals surface area contributed by atoms with Gasteiger partial charge in [-0.25, -0.2) is 9.97 Å². The Kier molecular flexibility index (Phi) is 6.96. The van der Waals surface area contributed by atoms with Crippen LogP contribution >= 0.6 is 0 Å². The van der Waals surface area contributed by atoms with Crippen LogP contribution in [-0.2, 0) is 16.6 Å². The van der Waals surface area contributed by atoms with Crippen LogP contribution in [0.15, 0.2) is 72.8 Å². The van der Waals surface area contributed by atoms with Crippen molar-refractivity contribution < 1.29 is 14.7 Å². The van der Waals surface area contributed by atoms with Crippen LogP contribution in [0, 0.1) is 0 Å². The lowest BCUT2D eigenvalue weighted by atomic mass is 9.74. The molecule has 0 unspecified atom stereocenters. The van der Waals surface area contributed by atoms with E-state index in [1.165, 1.54) is 11.3 Å². The Balaban J connectivity index is 1.23. The Hall–Kier alpha value is -4.26. The van der Waals surface area contributed by atoms with Gasteiger partial charge in [0, 0.05) is 55.3 Å². The van der Waals surface area contributed by atoms with E-state index >= 15 is 0 Å². The molecule has 0 radical (unpaired) electrons. The van der Waals surface area contributed by atoms with E-state index in [4.69, 9.17) is 15.1 Å². The van der Waals surface area contributed by atoms with Crippen molar-refractivity contribution in [3.63, 3.8) is 0 Å². The minimum Gasteiger partial charge on any atom is -0.481 e. The molecular weight excluding hydrogens is 500 g/mol. The number of fused-ring (bicyclic) bond motifs is 3. The molecule has 40 heavy (non-hydrogen) atoms. The highest BCUT2D eigenvalue weighted by Crippen LogP contribution is 2.46. The summed E-state index contributed by atoms with van der Waals surface area (Å²) in [7, 11) is 2.16. The van der Waals surface area contributed by atoms with E-state index in [-0.39, 0.29) is 17.7 Å². The van der Waals surface area contributed by atoms with Gasteiger partial charge in [0.2, 0.25) is 0 Å². The van der Waals surface area contributed by atoms with Gasteiger partial charge in [-0.15, -0.1) is 0 Å². The number of likely N-dealkylation sites (tertiary alicyclic amines) is 1. The zero-order valence-corrected chi connectivity index (χ0v) is 22.8. The second kappa shape index (κ2) is 10.7. The second-order valence-electron chi connectivity index (χ2n) is 11.1. The fourth-order valence-electron chi connectivity index (χ4n) is 6.42. The van der Waals surface area contributed by atoms with Crippen LogP contribution in [0.3, 0.4) is 0 Å². The molecule has 3 heterocycles. The average molecular weight is 535 g/mol. The van der Waals surface area contributed by atoms with Gasteiger partial charge in [-0.3, -0.25) is 9.59 Å². The Morgan fingerprint density at radius 3 is 2.42 bits per heavy atom. The summed E-state index contributed by atoms with van der Waals surface area (Å²) in [6.45, 7) is 2.46. The van der Waals surface area contributed by atoms with E-state index in [0.717, 1.165) is 54.9 Å². The van der Waals surface area contributed by atoms with Crippen LogP contribution in [0.4, 0.5) is 5.69 Å². The van der Waals surface area contributed by atoms with Gasteiger partial charge in [-0.1, -0.05) is 48.5 Å². The normalized spacial score (nSPS) is 15.9. The summed E-state index contributed by atoms with van der Waals surface area (Å²) in [5, 5.41) is 9.02. The van der Waals surface area contributed by atoms with E-state index < -0.39 is 5.97 Å². The molecule has 7 nitrogen and oxygen atoms in total. The quantitative estimate of drug-likeness (QED) is 0.305. The number of hydrogen-bond acceptors (Lipinski definition) is 5. The van der Waals surface area contributed by atoms with E-state index in [0.29, 0.717) is 30.3 Å². The fraction of sp³-hybridized carbons (Fsp3) is 0.333. The first-order valence-electron chi connectivity index (χ1n) is 14.1. The molecule has 0 saturated carbocycles. The molecule has 6 rings (SSSR count). The van der Waals surface area contributed by atoms with Gasteiger partial charge in [0.05, 0.1) is 22.4 Å². The molecule has 204 valence electrons. The van der Waals surface area contributed by atoms with Gasteiger partial charge in [0.1, 0.15) is 0 Å². The van der Waals surface area contributed by atoms with Gasteiger partial charge in [-0.2, -0.15) is 0 Å². The largest absolute Gasteiger partial charge is 0.481 e. The number of anilines is 1. The Labute approximate surface area is 234 Å². The number of aryl methyl sites for hydroxylation is 1. The number of rotatable bonds is 7. The van der Waals surface area contributed by atoms with Gasteiger partial charge in [0.15, 0.2) is 0 Å². The maximum Gasteiger partial charge on any atom is 0.303 e. The summed E-state index contributed by atoms with van der Waals surface area (Å²) in [4.78, 5) is 38.8. The molecule has 1 saturated heterocycles. The maximum absolute atomic E-state index is 13.6. The monoisotopic (exact) mass is 534 g/mol. The number of aromatic nitrogens is 2. The molecule has 0 atom stereocenters. The van der Waals surface area contributed by atoms with Crippen molar-refractivity contribution in [2.24, 2.45) is 0 Å². The summed E-state index contributed by atoms with van der Waals surface area (Å²) in [6.07, 6.45) is 3.96. The summed E-state index contributed by atoms with van der Waals surface area (Å²) in [6, 6.07) is 24.2. The second-order valence-corrected chi connectivity index (χ2v) is 11.1. The first-order valence-corrected chi connectivity index (χ1v) is 14.1. The van der Waals surface area contributed by atoms with Crippen LogP contribution in [0.25, 0.3) is 22.3 Å². The summed E-state index contributed by atoms with van der Waals surface area (Å²) < 4.78 is 0. The molecule has 7 heteroatoms. The van der Waals surface area contributed by atoms with E-state index in [1.807, 2.05) is 53.4 Å². The van der Waals surface area contributed by atoms with Crippen LogP contribution in [0.2, 0.25) is 0 Å². The minimum atomic E-state index is -0.788. The predicted octanol–water partition coefficient (Wildman–Crippen LogP) is 5.72. The molecule has 4 aromatic rings. The smallest absolute Gasteiger partial charge is 0.303 e. The van der Waals surface area contributed by atoms with Gasteiger partial charge < -0.3 is 14.9 Å². The highest BCUT2D eigenvalue weighted by molar-refractivity contribution is 5.97. The third kappa shape index (κ3) is 4.92. The van der Waals surface area contributed by atoms with Crippen molar-refractivity contribution in [1.29, 1.82) is 0 Å². The maximum atomic E-state index is 13.6. The van der Waals surface area contributed by atoms with Crippen molar-refractivity contribution in [3.8, 4) is 11.3 Å². The number of nitrogens with zero attached hydrogens (tertiary/aromatic N) is 4. The number of carboxylic acids is 1. The molecule has 0 bridgehead atoms. The first-order chi connectivity index (χ1) is 19.4. The zero-order chi connectivity index (χ0) is 27.7. The molecule has 0 aliphatic carbocycles. The molecule has 1 N–H and O–H groups in total. The SMILES string of the molecule is CN1CC2(CCN(C(=O)c3ccc4nc(-c5ccccc5)c(CCCCC(=O)O)nc4c3)CC2)c2ccccc21. The van der Waals surface area contributed by atoms with E-state index in [1.54, 1.807) is 0 Å². The van der Waals surface area contributed by atoms with Gasteiger partial charge in [-0.05, 0) is 61.9 Å². The van der Waals surface area contributed by atoms with Crippen molar-refractivity contribution in [3.05, 3.63) is 89.6 Å². The third-order valence-corrected chi connectivity index (χ3v) is 8.52. The molecule has 1 aromatic heterocycles. The number of para-hydroxylation sites is 1. The van der Waals surface area contributed by atoms with E-state index in [9.17, 15) is 9.59 Å². The van der Waals surface area contributed by atoms with Crippen LogP contribution in [-0.4, -0.2) is 58.5 Å². The molecule has 1 spiro atoms. The van der Waals surface area contributed by atoms with Crippen molar-refractivity contribution in [2.75, 3.05) is 31.6 Å². The van der Waals surface area contributed by atoms with Gasteiger partial charge in [0.25, 0.3) is 5.91 Å². The Morgan fingerprint density at radius 1 is 0.900 bits per heavy atom. The number of carbonyl (C=O) groups excluding carboxylic acids is 1. The highest BCUT2D eigenvalue weighted by atomic mass is 16.4. The number of likely N-dealkylation sites (N-methyl/N-ethyl adjacent to an activating group) is 1. The minimum absolute atomic E-state index is 0.0355. The standard InChI is InChI=1S/C33H34N4O3/c1-36-22-33(25-11-5-7-13-29(25)36)17-19-37(20-18-33)32(40)24-15-16-26-28(21-24)34-27(12-6-8-14-30(38)39)31(35-26)23-9-3-2-4-10-23/h2-5,7,9-11,13,15-16,21H,6,8,12,14,17-20,22H2,1H3,(H,38,39). The molecular formula is C33H34N4O3. The van der Waals surface area contributed by atoms with E-state index in [2.05, 4.69) is 36.2 Å². The highest BCUT2D eigenvalue weighted by Gasteiger charge is 2.44. The summed E-state index contributed by atoms with van der Waals surface area (Å²) >= 11 is 0. The number of piperidine rings is 1. The van der Waals surface area contributed by atoms with Crippen molar-refractivity contribution >= 4 is 28.6 Å². The number of aliphatic carboxylic acids is 1. The van der Waals surface area contributed by atoms with Crippen LogP contribution < -0.4 is 4.90 Å². The molecule has 2 aliphatic rings. The number of carboxylic acid groups (broad SMARTS) is 1.